The number of hydrogen-bond donors (Lipinski definition) is 0. The largest absolute Gasteiger partial charge is 0.289 e. The Balaban J connectivity index is 2.41. The molecule has 0 aliphatic rings. The summed E-state index contributed by atoms with van der Waals surface area (Å²) >= 11 is 8.25. The second kappa shape index (κ2) is 4.60. The van der Waals surface area contributed by atoms with Crippen LogP contribution in [0.3, 0.4) is 0 Å². The van der Waals surface area contributed by atoms with Crippen molar-refractivity contribution in [1.82, 2.24) is 0 Å². The molecule has 1 heterocycles. The fourth-order valence-electron chi connectivity index (χ4n) is 1.24. The van der Waals surface area contributed by atoms with Crippen LogP contribution in [0, 0.1) is 0 Å². The number of rotatable bonds is 2. The summed E-state index contributed by atoms with van der Waals surface area (Å²) in [5.41, 5.74) is 1.42. The highest BCUT2D eigenvalue weighted by molar-refractivity contribution is 9.12. The van der Waals surface area contributed by atoms with Crippen LogP contribution in [0.4, 0.5) is 0 Å². The van der Waals surface area contributed by atoms with Gasteiger partial charge in [-0.05, 0) is 37.9 Å². The quantitative estimate of drug-likeness (QED) is 0.732. The van der Waals surface area contributed by atoms with E-state index in [1.165, 1.54) is 11.3 Å². The minimum atomic E-state index is 0.0458. The number of carbonyl (C=O) groups is 1. The average molecular weight is 346 g/mol. The van der Waals surface area contributed by atoms with Crippen LogP contribution < -0.4 is 0 Å². The van der Waals surface area contributed by atoms with Crippen LogP contribution in [-0.2, 0) is 0 Å². The summed E-state index contributed by atoms with van der Waals surface area (Å²) in [5, 5.41) is 0. The van der Waals surface area contributed by atoms with Crippen molar-refractivity contribution in [3.63, 3.8) is 0 Å². The van der Waals surface area contributed by atoms with Gasteiger partial charge < -0.3 is 0 Å². The fraction of sp³-hybridized carbons (Fsp3) is 0. The van der Waals surface area contributed by atoms with Crippen molar-refractivity contribution in [2.45, 2.75) is 0 Å². The Morgan fingerprint density at radius 2 is 1.80 bits per heavy atom. The lowest BCUT2D eigenvalue weighted by molar-refractivity contribution is 0.103. The van der Waals surface area contributed by atoms with Gasteiger partial charge in [0.2, 0.25) is 0 Å². The van der Waals surface area contributed by atoms with Crippen LogP contribution in [0.5, 0.6) is 0 Å². The number of hydrogen-bond acceptors (Lipinski definition) is 2. The van der Waals surface area contributed by atoms with E-state index in [0.29, 0.717) is 11.1 Å². The van der Waals surface area contributed by atoms with Crippen molar-refractivity contribution in [2.24, 2.45) is 0 Å². The molecule has 4 heteroatoms. The molecule has 0 atom stereocenters. The molecule has 1 aromatic carbocycles. The van der Waals surface area contributed by atoms with Crippen molar-refractivity contribution in [3.05, 3.63) is 55.1 Å². The van der Waals surface area contributed by atoms with E-state index in [9.17, 15) is 4.79 Å². The molecule has 0 aliphatic carbocycles. The van der Waals surface area contributed by atoms with Crippen molar-refractivity contribution < 1.29 is 4.79 Å². The van der Waals surface area contributed by atoms with Gasteiger partial charge in [-0.1, -0.05) is 30.3 Å². The van der Waals surface area contributed by atoms with Crippen LogP contribution in [0.2, 0.25) is 0 Å². The summed E-state index contributed by atoms with van der Waals surface area (Å²) in [5.74, 6) is 0.0458. The van der Waals surface area contributed by atoms with Gasteiger partial charge in [0.05, 0.1) is 7.57 Å². The zero-order valence-electron chi connectivity index (χ0n) is 7.54. The highest BCUT2D eigenvalue weighted by Gasteiger charge is 2.14. The monoisotopic (exact) mass is 344 g/mol. The van der Waals surface area contributed by atoms with Crippen molar-refractivity contribution in [3.8, 4) is 0 Å². The molecule has 15 heavy (non-hydrogen) atoms. The molecule has 0 spiro atoms. The Hall–Kier alpha value is -0.450. The first-order valence-electron chi connectivity index (χ1n) is 4.23. The Bertz CT molecular complexity index is 491. The fourth-order valence-corrected chi connectivity index (χ4v) is 4.03. The molecular weight excluding hydrogens is 340 g/mol. The summed E-state index contributed by atoms with van der Waals surface area (Å²) in [7, 11) is 0. The smallest absolute Gasteiger partial charge is 0.195 e. The van der Waals surface area contributed by atoms with Gasteiger partial charge in [0.25, 0.3) is 0 Å². The molecule has 76 valence electrons. The third-order valence-corrected chi connectivity index (χ3v) is 4.28. The first-order chi connectivity index (χ1) is 7.18. The van der Waals surface area contributed by atoms with Crippen molar-refractivity contribution in [2.75, 3.05) is 0 Å². The van der Waals surface area contributed by atoms with Crippen LogP contribution in [0.1, 0.15) is 15.9 Å². The molecule has 0 saturated carbocycles. The van der Waals surface area contributed by atoms with Gasteiger partial charge in [0.1, 0.15) is 0 Å². The number of ketones is 1. The first-order valence-corrected chi connectivity index (χ1v) is 6.63. The molecule has 0 bridgehead atoms. The molecule has 0 aliphatic heterocycles. The lowest BCUT2D eigenvalue weighted by Gasteiger charge is -1.97. The highest BCUT2D eigenvalue weighted by Crippen LogP contribution is 2.33. The number of halogens is 2. The highest BCUT2D eigenvalue weighted by atomic mass is 79.9. The third-order valence-electron chi connectivity index (χ3n) is 1.94. The minimum Gasteiger partial charge on any atom is -0.289 e. The van der Waals surface area contributed by atoms with E-state index < -0.39 is 0 Å². The second-order valence-corrected chi connectivity index (χ2v) is 6.68. The first kappa shape index (κ1) is 11.0. The van der Waals surface area contributed by atoms with E-state index in [1.807, 2.05) is 36.4 Å². The Labute approximate surface area is 108 Å². The Morgan fingerprint density at radius 3 is 2.33 bits per heavy atom. The molecule has 0 N–H and O–H groups in total. The lowest BCUT2D eigenvalue weighted by atomic mass is 10.1. The predicted molar refractivity (Wildman–Crippen MR) is 69.6 cm³/mol. The van der Waals surface area contributed by atoms with E-state index in [2.05, 4.69) is 31.9 Å². The zero-order chi connectivity index (χ0) is 10.8. The number of carbonyl (C=O) groups excluding carboxylic acids is 1. The van der Waals surface area contributed by atoms with Crippen LogP contribution in [0.25, 0.3) is 0 Å². The zero-order valence-corrected chi connectivity index (χ0v) is 11.5. The van der Waals surface area contributed by atoms with Gasteiger partial charge in [0.15, 0.2) is 5.78 Å². The van der Waals surface area contributed by atoms with Crippen molar-refractivity contribution >= 4 is 49.0 Å². The second-order valence-electron chi connectivity index (χ2n) is 2.93. The lowest BCUT2D eigenvalue weighted by Crippen LogP contribution is -1.99. The molecule has 1 aromatic heterocycles. The van der Waals surface area contributed by atoms with Crippen LogP contribution in [-0.4, -0.2) is 5.78 Å². The standard InChI is InChI=1S/C11H6Br2OS/c12-9-6-8(11(13)15-9)10(14)7-4-2-1-3-5-7/h1-6H. The maximum Gasteiger partial charge on any atom is 0.195 e. The van der Waals surface area contributed by atoms with Gasteiger partial charge >= 0.3 is 0 Å². The van der Waals surface area contributed by atoms with Crippen molar-refractivity contribution in [1.29, 1.82) is 0 Å². The summed E-state index contributed by atoms with van der Waals surface area (Å²) in [6, 6.07) is 11.1. The van der Waals surface area contributed by atoms with Gasteiger partial charge in [-0.2, -0.15) is 0 Å². The van der Waals surface area contributed by atoms with E-state index in [4.69, 9.17) is 0 Å². The van der Waals surface area contributed by atoms with E-state index in [-0.39, 0.29) is 5.78 Å². The van der Waals surface area contributed by atoms with E-state index >= 15 is 0 Å². The topological polar surface area (TPSA) is 17.1 Å². The molecule has 0 saturated heterocycles. The maximum absolute atomic E-state index is 12.0. The summed E-state index contributed by atoms with van der Waals surface area (Å²) < 4.78 is 1.82. The summed E-state index contributed by atoms with van der Waals surface area (Å²) in [6.07, 6.45) is 0. The van der Waals surface area contributed by atoms with Gasteiger partial charge in [-0.25, -0.2) is 0 Å². The molecule has 0 unspecified atom stereocenters. The molecule has 0 amide bonds. The number of thiophene rings is 1. The van der Waals surface area contributed by atoms with E-state index in [0.717, 1.165) is 7.57 Å². The number of benzene rings is 1. The van der Waals surface area contributed by atoms with Crippen LogP contribution in [0.15, 0.2) is 44.0 Å². The molecule has 0 radical (unpaired) electrons. The molecule has 1 nitrogen and oxygen atoms in total. The molecule has 2 rings (SSSR count). The van der Waals surface area contributed by atoms with Gasteiger partial charge in [0, 0.05) is 11.1 Å². The SMILES string of the molecule is O=C(c1ccccc1)c1cc(Br)sc1Br. The Morgan fingerprint density at radius 1 is 1.13 bits per heavy atom. The summed E-state index contributed by atoms with van der Waals surface area (Å²) in [6.45, 7) is 0. The molecular formula is C11H6Br2OS. The average Bonchev–Trinajstić information content (AvgIpc) is 2.58. The summed E-state index contributed by atoms with van der Waals surface area (Å²) in [4.78, 5) is 12.0. The minimum absolute atomic E-state index is 0.0458. The maximum atomic E-state index is 12.0. The Kier molecular flexibility index (Phi) is 3.38. The third kappa shape index (κ3) is 2.38. The predicted octanol–water partition coefficient (Wildman–Crippen LogP) is 4.50. The van der Waals surface area contributed by atoms with E-state index in [1.54, 1.807) is 0 Å². The molecule has 0 fully saturated rings. The normalized spacial score (nSPS) is 10.3. The van der Waals surface area contributed by atoms with Gasteiger partial charge in [-0.15, -0.1) is 11.3 Å². The van der Waals surface area contributed by atoms with Crippen LogP contribution >= 0.6 is 43.2 Å². The molecule has 2 aromatic rings. The van der Waals surface area contributed by atoms with Gasteiger partial charge in [-0.3, -0.25) is 4.79 Å².